The Morgan fingerprint density at radius 3 is 2.19 bits per heavy atom. The smallest absolute Gasteiger partial charge is 0.390 e. The fraction of sp³-hybridized carbons (Fsp3) is 0.455. The first kappa shape index (κ1) is 11.8. The van der Waals surface area contributed by atoms with Crippen LogP contribution in [0.2, 0.25) is 0 Å². The molecular formula is C11H11F3OS. The molecule has 0 heterocycles. The summed E-state index contributed by atoms with van der Waals surface area (Å²) in [7, 11) is 0. The Balaban J connectivity index is 1.99. The molecule has 1 aliphatic carbocycles. The molecule has 16 heavy (non-hydrogen) atoms. The molecule has 1 N–H and O–H groups in total. The zero-order valence-electron chi connectivity index (χ0n) is 8.42. The monoisotopic (exact) mass is 248 g/mol. The lowest BCUT2D eigenvalue weighted by Gasteiger charge is -2.09. The molecule has 1 aromatic carbocycles. The molecule has 88 valence electrons. The van der Waals surface area contributed by atoms with Crippen molar-refractivity contribution in [3.63, 3.8) is 0 Å². The highest BCUT2D eigenvalue weighted by molar-refractivity contribution is 8.00. The number of hydrogen-bond donors (Lipinski definition) is 1. The third-order valence-corrected chi connectivity index (χ3v) is 3.26. The standard InChI is InChI=1S/C11H11F3OS/c12-11(13,14)16-9-3-1-8(2-4-9)7-10(15)5-6-10/h1-4,15H,5-7H2. The van der Waals surface area contributed by atoms with Crippen molar-refractivity contribution in [3.8, 4) is 0 Å². The van der Waals surface area contributed by atoms with Crippen molar-refractivity contribution in [2.75, 3.05) is 0 Å². The molecule has 0 spiro atoms. The van der Waals surface area contributed by atoms with Crippen molar-refractivity contribution in [2.45, 2.75) is 35.3 Å². The molecule has 1 saturated carbocycles. The molecule has 0 aliphatic heterocycles. The average molecular weight is 248 g/mol. The summed E-state index contributed by atoms with van der Waals surface area (Å²) in [5, 5.41) is 9.65. The molecule has 1 aromatic rings. The second-order valence-corrected chi connectivity index (χ2v) is 5.23. The van der Waals surface area contributed by atoms with Crippen LogP contribution < -0.4 is 0 Å². The first-order chi connectivity index (χ1) is 7.36. The fourth-order valence-corrected chi connectivity index (χ4v) is 2.05. The second-order valence-electron chi connectivity index (χ2n) is 4.09. The van der Waals surface area contributed by atoms with E-state index in [4.69, 9.17) is 0 Å². The molecule has 0 saturated heterocycles. The van der Waals surface area contributed by atoms with Crippen LogP contribution in [0.1, 0.15) is 18.4 Å². The highest BCUT2D eigenvalue weighted by Crippen LogP contribution is 2.39. The summed E-state index contributed by atoms with van der Waals surface area (Å²) < 4.78 is 36.1. The van der Waals surface area contributed by atoms with E-state index in [9.17, 15) is 18.3 Å². The third-order valence-electron chi connectivity index (χ3n) is 2.52. The van der Waals surface area contributed by atoms with Crippen LogP contribution in [-0.4, -0.2) is 16.2 Å². The van der Waals surface area contributed by atoms with E-state index in [0.29, 0.717) is 6.42 Å². The molecular weight excluding hydrogens is 237 g/mol. The maximum Gasteiger partial charge on any atom is 0.446 e. The first-order valence-electron chi connectivity index (χ1n) is 4.93. The van der Waals surface area contributed by atoms with Crippen molar-refractivity contribution in [1.82, 2.24) is 0 Å². The van der Waals surface area contributed by atoms with Gasteiger partial charge in [0.15, 0.2) is 0 Å². The molecule has 1 nitrogen and oxygen atoms in total. The van der Waals surface area contributed by atoms with Gasteiger partial charge in [-0.25, -0.2) is 0 Å². The van der Waals surface area contributed by atoms with Crippen LogP contribution in [-0.2, 0) is 6.42 Å². The Morgan fingerprint density at radius 1 is 1.19 bits per heavy atom. The molecule has 5 heteroatoms. The van der Waals surface area contributed by atoms with E-state index in [2.05, 4.69) is 0 Å². The average Bonchev–Trinajstić information content (AvgIpc) is 2.85. The number of rotatable bonds is 3. The Labute approximate surface area is 95.7 Å². The molecule has 0 aromatic heterocycles. The number of aliphatic hydroxyl groups is 1. The Kier molecular flexibility index (Phi) is 2.92. The third kappa shape index (κ3) is 3.42. The van der Waals surface area contributed by atoms with Gasteiger partial charge in [0.25, 0.3) is 0 Å². The zero-order valence-corrected chi connectivity index (χ0v) is 9.24. The van der Waals surface area contributed by atoms with Gasteiger partial charge in [-0.1, -0.05) is 12.1 Å². The predicted molar refractivity (Wildman–Crippen MR) is 56.2 cm³/mol. The van der Waals surface area contributed by atoms with E-state index >= 15 is 0 Å². The SMILES string of the molecule is OC1(Cc2ccc(SC(F)(F)F)cc2)CC1. The lowest BCUT2D eigenvalue weighted by molar-refractivity contribution is -0.0328. The maximum atomic E-state index is 12.0. The number of alkyl halides is 3. The number of hydrogen-bond acceptors (Lipinski definition) is 2. The van der Waals surface area contributed by atoms with Crippen LogP contribution in [0.5, 0.6) is 0 Å². The van der Waals surface area contributed by atoms with Gasteiger partial charge in [0, 0.05) is 11.3 Å². The molecule has 0 bridgehead atoms. The van der Waals surface area contributed by atoms with Gasteiger partial charge in [0.2, 0.25) is 0 Å². The number of halogens is 3. The van der Waals surface area contributed by atoms with Gasteiger partial charge in [-0.15, -0.1) is 0 Å². The van der Waals surface area contributed by atoms with Gasteiger partial charge < -0.3 is 5.11 Å². The van der Waals surface area contributed by atoms with Gasteiger partial charge >= 0.3 is 5.51 Å². The predicted octanol–water partition coefficient (Wildman–Crippen LogP) is 3.37. The largest absolute Gasteiger partial charge is 0.446 e. The quantitative estimate of drug-likeness (QED) is 0.828. The van der Waals surface area contributed by atoms with Crippen molar-refractivity contribution >= 4 is 11.8 Å². The minimum Gasteiger partial charge on any atom is -0.390 e. The molecule has 0 atom stereocenters. The van der Waals surface area contributed by atoms with Gasteiger partial charge in [0.1, 0.15) is 0 Å². The van der Waals surface area contributed by atoms with Crippen LogP contribution in [0.25, 0.3) is 0 Å². The summed E-state index contributed by atoms with van der Waals surface area (Å²) in [6.07, 6.45) is 2.10. The van der Waals surface area contributed by atoms with Gasteiger partial charge in [-0.2, -0.15) is 13.2 Å². The van der Waals surface area contributed by atoms with Crippen molar-refractivity contribution < 1.29 is 18.3 Å². The van der Waals surface area contributed by atoms with Crippen LogP contribution in [0.15, 0.2) is 29.2 Å². The summed E-state index contributed by atoms with van der Waals surface area (Å²) in [4.78, 5) is 0.180. The maximum absolute atomic E-state index is 12.0. The lowest BCUT2D eigenvalue weighted by atomic mass is 10.1. The molecule has 0 unspecified atom stereocenters. The van der Waals surface area contributed by atoms with E-state index < -0.39 is 11.1 Å². The summed E-state index contributed by atoms with van der Waals surface area (Å²) in [5.74, 6) is 0. The van der Waals surface area contributed by atoms with Crippen LogP contribution in [0.4, 0.5) is 13.2 Å². The topological polar surface area (TPSA) is 20.2 Å². The summed E-state index contributed by atoms with van der Waals surface area (Å²) in [6.45, 7) is 0. The van der Waals surface area contributed by atoms with Crippen LogP contribution in [0, 0.1) is 0 Å². The van der Waals surface area contributed by atoms with Gasteiger partial charge in [-0.05, 0) is 42.3 Å². The van der Waals surface area contributed by atoms with Crippen molar-refractivity contribution in [3.05, 3.63) is 29.8 Å². The Hall–Kier alpha value is -0.680. The highest BCUT2D eigenvalue weighted by atomic mass is 32.2. The minimum absolute atomic E-state index is 0.119. The van der Waals surface area contributed by atoms with E-state index in [-0.39, 0.29) is 16.7 Å². The van der Waals surface area contributed by atoms with Crippen LogP contribution >= 0.6 is 11.8 Å². The van der Waals surface area contributed by atoms with E-state index in [1.54, 1.807) is 12.1 Å². The summed E-state index contributed by atoms with van der Waals surface area (Å²) in [6, 6.07) is 6.17. The minimum atomic E-state index is -4.24. The fourth-order valence-electron chi connectivity index (χ4n) is 1.51. The molecule has 1 fully saturated rings. The molecule has 0 amide bonds. The lowest BCUT2D eigenvalue weighted by Crippen LogP contribution is -2.10. The summed E-state index contributed by atoms with van der Waals surface area (Å²) in [5.41, 5.74) is -3.96. The Bertz CT molecular complexity index is 342. The van der Waals surface area contributed by atoms with E-state index in [1.807, 2.05) is 0 Å². The van der Waals surface area contributed by atoms with E-state index in [1.165, 1.54) is 12.1 Å². The zero-order chi connectivity index (χ0) is 11.8. The van der Waals surface area contributed by atoms with Crippen LogP contribution in [0.3, 0.4) is 0 Å². The van der Waals surface area contributed by atoms with Gasteiger partial charge in [0.05, 0.1) is 5.60 Å². The van der Waals surface area contributed by atoms with Crippen molar-refractivity contribution in [1.29, 1.82) is 0 Å². The molecule has 1 aliphatic rings. The second kappa shape index (κ2) is 3.96. The van der Waals surface area contributed by atoms with E-state index in [0.717, 1.165) is 18.4 Å². The summed E-state index contributed by atoms with van der Waals surface area (Å²) >= 11 is -0.119. The molecule has 2 rings (SSSR count). The Morgan fingerprint density at radius 2 is 1.75 bits per heavy atom. The number of benzene rings is 1. The highest BCUT2D eigenvalue weighted by Gasteiger charge is 2.40. The van der Waals surface area contributed by atoms with Crippen molar-refractivity contribution in [2.24, 2.45) is 0 Å². The number of thioether (sulfide) groups is 1. The molecule has 0 radical (unpaired) electrons. The van der Waals surface area contributed by atoms with Gasteiger partial charge in [-0.3, -0.25) is 0 Å². The normalized spacial score (nSPS) is 18.5. The first-order valence-corrected chi connectivity index (χ1v) is 5.75.